The third-order valence-electron chi connectivity index (χ3n) is 7.68. The van der Waals surface area contributed by atoms with Crippen molar-refractivity contribution >= 4 is 11.8 Å². The fourth-order valence-corrected chi connectivity index (χ4v) is 5.01. The van der Waals surface area contributed by atoms with E-state index in [1.165, 1.54) is 0 Å². The van der Waals surface area contributed by atoms with Crippen LogP contribution in [0.1, 0.15) is 66.8 Å². The molecule has 2 N–H and O–H groups in total. The van der Waals surface area contributed by atoms with Gasteiger partial charge in [0.2, 0.25) is 5.91 Å². The standard InChI is InChI=1S/C31H40N4O4/c1-22-19-27(33-34(22)4)30(38)32-21-23-9-5-6-10-25(23)26-13-12-24(20-28(26)36)31(2,3)14-8-7-11-29(37)35-15-17-39-18-16-35/h5-6,9-10,12-13,19-20,36H,7-8,11,14-18,21H2,1-4H3,(H,32,38). The molecule has 39 heavy (non-hydrogen) atoms. The van der Waals surface area contributed by atoms with Crippen LogP contribution in [0.2, 0.25) is 0 Å². The number of hydrogen-bond donors (Lipinski definition) is 2. The van der Waals surface area contributed by atoms with Gasteiger partial charge in [0, 0.05) is 44.4 Å². The number of phenols is 1. The van der Waals surface area contributed by atoms with Gasteiger partial charge in [0.15, 0.2) is 0 Å². The summed E-state index contributed by atoms with van der Waals surface area (Å²) in [6.07, 6.45) is 3.26. The number of unbranched alkanes of at least 4 members (excludes halogenated alkanes) is 1. The van der Waals surface area contributed by atoms with E-state index >= 15 is 0 Å². The number of nitrogens with one attached hydrogen (secondary N) is 1. The van der Waals surface area contributed by atoms with Crippen molar-refractivity contribution in [2.24, 2.45) is 7.05 Å². The van der Waals surface area contributed by atoms with Crippen LogP contribution >= 0.6 is 0 Å². The Bertz CT molecular complexity index is 1290. The average Bonchev–Trinajstić information content (AvgIpc) is 3.28. The smallest absolute Gasteiger partial charge is 0.272 e. The van der Waals surface area contributed by atoms with Crippen molar-refractivity contribution in [3.8, 4) is 16.9 Å². The number of amides is 2. The van der Waals surface area contributed by atoms with E-state index < -0.39 is 0 Å². The molecule has 0 spiro atoms. The summed E-state index contributed by atoms with van der Waals surface area (Å²) >= 11 is 0. The fourth-order valence-electron chi connectivity index (χ4n) is 5.01. The summed E-state index contributed by atoms with van der Waals surface area (Å²) in [6.45, 7) is 9.21. The van der Waals surface area contributed by atoms with Gasteiger partial charge < -0.3 is 20.1 Å². The fraction of sp³-hybridized carbons (Fsp3) is 0.452. The van der Waals surface area contributed by atoms with E-state index in [4.69, 9.17) is 4.74 Å². The quantitative estimate of drug-likeness (QED) is 0.368. The molecular weight excluding hydrogens is 492 g/mol. The van der Waals surface area contributed by atoms with E-state index in [2.05, 4.69) is 30.3 Å². The molecule has 0 unspecified atom stereocenters. The van der Waals surface area contributed by atoms with E-state index in [0.717, 1.165) is 47.2 Å². The zero-order valence-corrected chi connectivity index (χ0v) is 23.5. The van der Waals surface area contributed by atoms with Crippen molar-refractivity contribution in [2.75, 3.05) is 26.3 Å². The predicted octanol–water partition coefficient (Wildman–Crippen LogP) is 4.73. The van der Waals surface area contributed by atoms with Gasteiger partial charge in [-0.25, -0.2) is 0 Å². The van der Waals surface area contributed by atoms with Gasteiger partial charge in [0.05, 0.1) is 13.2 Å². The summed E-state index contributed by atoms with van der Waals surface area (Å²) < 4.78 is 7.01. The van der Waals surface area contributed by atoms with E-state index in [9.17, 15) is 14.7 Å². The van der Waals surface area contributed by atoms with Crippen LogP contribution in [-0.4, -0.2) is 57.9 Å². The molecular formula is C31H40N4O4. The average molecular weight is 533 g/mol. The van der Waals surface area contributed by atoms with E-state index in [1.54, 1.807) is 10.7 Å². The SMILES string of the molecule is Cc1cc(C(=O)NCc2ccccc2-c2ccc(C(C)(C)CCCCC(=O)N3CCOCC3)cc2O)nn1C. The molecule has 1 fully saturated rings. The number of hydrogen-bond acceptors (Lipinski definition) is 5. The highest BCUT2D eigenvalue weighted by molar-refractivity contribution is 5.92. The van der Waals surface area contributed by atoms with E-state index in [-0.39, 0.29) is 23.0 Å². The zero-order valence-electron chi connectivity index (χ0n) is 23.5. The van der Waals surface area contributed by atoms with Crippen LogP contribution in [0.15, 0.2) is 48.5 Å². The molecule has 1 aliphatic heterocycles. The lowest BCUT2D eigenvalue weighted by molar-refractivity contribution is -0.135. The van der Waals surface area contributed by atoms with Gasteiger partial charge in [-0.15, -0.1) is 0 Å². The first-order valence-corrected chi connectivity index (χ1v) is 13.7. The van der Waals surface area contributed by atoms with Crippen LogP contribution in [-0.2, 0) is 28.5 Å². The minimum absolute atomic E-state index is 0.146. The number of aromatic nitrogens is 2. The first-order chi connectivity index (χ1) is 18.7. The molecule has 1 aliphatic rings. The van der Waals surface area contributed by atoms with Gasteiger partial charge >= 0.3 is 0 Å². The molecule has 2 amide bonds. The van der Waals surface area contributed by atoms with Gasteiger partial charge in [-0.1, -0.05) is 56.7 Å². The van der Waals surface area contributed by atoms with Crippen molar-refractivity contribution in [3.05, 3.63) is 71.0 Å². The lowest BCUT2D eigenvalue weighted by Crippen LogP contribution is -2.40. The molecule has 8 heteroatoms. The molecule has 2 heterocycles. The highest BCUT2D eigenvalue weighted by atomic mass is 16.5. The summed E-state index contributed by atoms with van der Waals surface area (Å²) in [5.74, 6) is 0.187. The number of benzene rings is 2. The molecule has 2 aromatic carbocycles. The second-order valence-corrected chi connectivity index (χ2v) is 11.0. The van der Waals surface area contributed by atoms with Crippen LogP contribution in [0, 0.1) is 6.92 Å². The Morgan fingerprint density at radius 3 is 2.49 bits per heavy atom. The Kier molecular flexibility index (Phi) is 9.07. The summed E-state index contributed by atoms with van der Waals surface area (Å²) in [6, 6.07) is 15.4. The molecule has 1 aromatic heterocycles. The second kappa shape index (κ2) is 12.5. The largest absolute Gasteiger partial charge is 0.507 e. The Balaban J connectivity index is 1.37. The Morgan fingerprint density at radius 2 is 1.79 bits per heavy atom. The number of nitrogens with zero attached hydrogens (tertiary/aromatic N) is 3. The Morgan fingerprint density at radius 1 is 1.05 bits per heavy atom. The number of morpholine rings is 1. The minimum Gasteiger partial charge on any atom is -0.507 e. The normalized spacial score (nSPS) is 13.9. The number of rotatable bonds is 10. The minimum atomic E-state index is -0.235. The molecule has 0 bridgehead atoms. The summed E-state index contributed by atoms with van der Waals surface area (Å²) in [4.78, 5) is 26.9. The van der Waals surface area contributed by atoms with Crippen molar-refractivity contribution in [3.63, 3.8) is 0 Å². The molecule has 0 radical (unpaired) electrons. The van der Waals surface area contributed by atoms with E-state index in [1.807, 2.05) is 55.3 Å². The monoisotopic (exact) mass is 532 g/mol. The highest BCUT2D eigenvalue weighted by Gasteiger charge is 2.23. The van der Waals surface area contributed by atoms with Gasteiger partial charge in [-0.2, -0.15) is 5.10 Å². The van der Waals surface area contributed by atoms with Crippen LogP contribution in [0.4, 0.5) is 0 Å². The van der Waals surface area contributed by atoms with Crippen LogP contribution < -0.4 is 5.32 Å². The zero-order chi connectivity index (χ0) is 28.0. The number of carbonyl (C=O) groups excluding carboxylic acids is 2. The molecule has 1 saturated heterocycles. The summed E-state index contributed by atoms with van der Waals surface area (Å²) in [5.41, 5.74) is 4.71. The van der Waals surface area contributed by atoms with Gasteiger partial charge in [0.1, 0.15) is 11.4 Å². The maximum atomic E-state index is 12.6. The van der Waals surface area contributed by atoms with E-state index in [0.29, 0.717) is 45.0 Å². The van der Waals surface area contributed by atoms with Crippen molar-refractivity contribution in [1.29, 1.82) is 0 Å². The molecule has 4 rings (SSSR count). The lowest BCUT2D eigenvalue weighted by atomic mass is 9.79. The van der Waals surface area contributed by atoms with Crippen molar-refractivity contribution in [1.82, 2.24) is 20.0 Å². The first-order valence-electron chi connectivity index (χ1n) is 13.7. The van der Waals surface area contributed by atoms with Crippen molar-refractivity contribution < 1.29 is 19.4 Å². The predicted molar refractivity (Wildman–Crippen MR) is 152 cm³/mol. The number of carbonyl (C=O) groups is 2. The van der Waals surface area contributed by atoms with Crippen LogP contribution in [0.3, 0.4) is 0 Å². The second-order valence-electron chi connectivity index (χ2n) is 11.0. The molecule has 0 atom stereocenters. The first kappa shape index (κ1) is 28.4. The molecule has 3 aromatic rings. The van der Waals surface area contributed by atoms with Gasteiger partial charge in [-0.05, 0) is 54.0 Å². The van der Waals surface area contributed by atoms with Crippen molar-refractivity contribution in [2.45, 2.75) is 58.4 Å². The summed E-state index contributed by atoms with van der Waals surface area (Å²) in [5, 5.41) is 18.2. The number of phenolic OH excluding ortho intramolecular Hbond substituents is 1. The van der Waals surface area contributed by atoms with Crippen LogP contribution in [0.25, 0.3) is 11.1 Å². The number of aryl methyl sites for hydroxylation is 2. The third-order valence-corrected chi connectivity index (χ3v) is 7.68. The van der Waals surface area contributed by atoms with Gasteiger partial charge in [0.25, 0.3) is 5.91 Å². The topological polar surface area (TPSA) is 96.7 Å². The number of aromatic hydroxyl groups is 1. The Labute approximate surface area is 231 Å². The van der Waals surface area contributed by atoms with Crippen LogP contribution in [0.5, 0.6) is 5.75 Å². The van der Waals surface area contributed by atoms with Gasteiger partial charge in [-0.3, -0.25) is 14.3 Å². The molecule has 0 saturated carbocycles. The highest BCUT2D eigenvalue weighted by Crippen LogP contribution is 2.37. The molecule has 208 valence electrons. The number of ether oxygens (including phenoxy) is 1. The maximum absolute atomic E-state index is 12.6. The molecule has 0 aliphatic carbocycles. The third kappa shape index (κ3) is 7.06. The summed E-state index contributed by atoms with van der Waals surface area (Å²) in [7, 11) is 1.81. The maximum Gasteiger partial charge on any atom is 0.272 e. The molecule has 8 nitrogen and oxygen atoms in total. The Hall–Kier alpha value is -3.65. The lowest BCUT2D eigenvalue weighted by Gasteiger charge is -2.28.